The minimum absolute atomic E-state index is 0.0190. The zero-order valence-electron chi connectivity index (χ0n) is 46.7. The van der Waals surface area contributed by atoms with Crippen molar-refractivity contribution in [1.29, 1.82) is 0 Å². The number of hydrogen-bond donors (Lipinski definition) is 3. The number of phenols is 1. The molecule has 19 heteroatoms. The Morgan fingerprint density at radius 2 is 1.70 bits per heavy atom. The molecule has 3 aromatic carbocycles. The molecule has 3 unspecified atom stereocenters. The summed E-state index contributed by atoms with van der Waals surface area (Å²) in [6.07, 6.45) is 7.55. The van der Waals surface area contributed by atoms with Crippen molar-refractivity contribution in [2.75, 3.05) is 68.8 Å². The maximum atomic E-state index is 14.4. The first-order valence-electron chi connectivity index (χ1n) is 29.1. The molecular formula is C62H71N11O7S. The molecule has 422 valence electrons. The number of aliphatic hydroxyl groups is 1. The molecule has 0 saturated carbocycles. The van der Waals surface area contributed by atoms with Crippen molar-refractivity contribution in [2.45, 2.75) is 115 Å². The molecule has 5 fully saturated rings. The highest BCUT2D eigenvalue weighted by atomic mass is 32.1. The number of aromatic hydroxyl groups is 1. The van der Waals surface area contributed by atoms with E-state index in [9.17, 15) is 24.6 Å². The molecule has 7 atom stereocenters. The zero-order valence-corrected chi connectivity index (χ0v) is 47.5. The maximum absolute atomic E-state index is 14.4. The summed E-state index contributed by atoms with van der Waals surface area (Å²) in [6.45, 7) is 16.4. The van der Waals surface area contributed by atoms with Gasteiger partial charge in [0.05, 0.1) is 44.8 Å². The fraction of sp³-hybridized carbons (Fsp3) is 0.484. The van der Waals surface area contributed by atoms with E-state index in [0.717, 1.165) is 143 Å². The van der Waals surface area contributed by atoms with Crippen molar-refractivity contribution in [3.05, 3.63) is 101 Å². The van der Waals surface area contributed by atoms with E-state index in [4.69, 9.17) is 24.2 Å². The van der Waals surface area contributed by atoms with Crippen molar-refractivity contribution in [3.63, 3.8) is 0 Å². The van der Waals surface area contributed by atoms with Crippen LogP contribution in [0, 0.1) is 24.7 Å². The summed E-state index contributed by atoms with van der Waals surface area (Å²) in [5.74, 6) is 1.97. The van der Waals surface area contributed by atoms with Gasteiger partial charge in [0.15, 0.2) is 11.6 Å². The number of fused-ring (bicyclic) bond motifs is 6. The van der Waals surface area contributed by atoms with Crippen molar-refractivity contribution < 1.29 is 33.9 Å². The van der Waals surface area contributed by atoms with Crippen LogP contribution in [0.15, 0.2) is 76.9 Å². The van der Waals surface area contributed by atoms with Crippen molar-refractivity contribution in [1.82, 2.24) is 45.1 Å². The molecule has 81 heavy (non-hydrogen) atoms. The number of aliphatic hydroxyl groups excluding tert-OH is 1. The molecule has 4 aromatic heterocycles. The number of phenolic OH excluding ortho intramolecular Hbond substituents is 1. The largest absolute Gasteiger partial charge is 0.508 e. The van der Waals surface area contributed by atoms with Crippen LogP contribution in [-0.4, -0.2) is 151 Å². The average Bonchev–Trinajstić information content (AvgIpc) is 4.12. The maximum Gasteiger partial charge on any atom is 0.319 e. The van der Waals surface area contributed by atoms with Crippen molar-refractivity contribution >= 4 is 62.9 Å². The third kappa shape index (κ3) is 9.91. The molecule has 7 aromatic rings. The number of thiazole rings is 1. The summed E-state index contributed by atoms with van der Waals surface area (Å²) < 4.78 is 12.5. The second-order valence-corrected chi connectivity index (χ2v) is 24.9. The number of aromatic nitrogens is 5. The Balaban J connectivity index is 0.614. The standard InChI is InChI=1S/C62H71N11O7S/c1-34(2)53(61(78)72-31-46(76)24-50(72)60(77)65-36(4)40-9-11-41(12-10-40)58-37(5)64-32-81-58)51-25-52(68-80-51)70-27-39(28-70)21-38-15-17-69(18-16-38)19-20-79-62-66-57-49(59(67-62)71-29-43-13-14-44(30-71)73(43)33-74)26-63-56-48-23-45(75)22-42-7-6-8-47(55(42)48)35(3)54(56)57/h6-12,22-23,25-26,32-36,38-39,43-44,46,50,53,75-76H,13-21,24,27-31H2,1-5H3,(H,65,77)/t35?,36-,43?,44?,46+,50-,53-/m0/s1. The van der Waals surface area contributed by atoms with Gasteiger partial charge in [0, 0.05) is 87.1 Å². The number of benzene rings is 3. The highest BCUT2D eigenvalue weighted by Crippen LogP contribution is 2.49. The van der Waals surface area contributed by atoms with Gasteiger partial charge in [0.25, 0.3) is 0 Å². The predicted molar refractivity (Wildman–Crippen MR) is 310 cm³/mol. The zero-order chi connectivity index (χ0) is 55.8. The topological polar surface area (TPSA) is 207 Å². The van der Waals surface area contributed by atoms with Gasteiger partial charge >= 0.3 is 6.01 Å². The molecule has 18 nitrogen and oxygen atoms in total. The lowest BCUT2D eigenvalue weighted by Gasteiger charge is -2.42. The van der Waals surface area contributed by atoms with E-state index in [2.05, 4.69) is 43.1 Å². The monoisotopic (exact) mass is 1110 g/mol. The van der Waals surface area contributed by atoms with Gasteiger partial charge in [0.2, 0.25) is 18.2 Å². The van der Waals surface area contributed by atoms with Crippen molar-refractivity contribution in [2.24, 2.45) is 17.8 Å². The van der Waals surface area contributed by atoms with Crippen LogP contribution in [0.1, 0.15) is 112 Å². The Morgan fingerprint density at radius 1 is 0.926 bits per heavy atom. The number of nitrogens with one attached hydrogen (secondary N) is 1. The average molecular weight is 1110 g/mol. The summed E-state index contributed by atoms with van der Waals surface area (Å²) in [5, 5.41) is 32.2. The number of hydrogen-bond acceptors (Lipinski definition) is 16. The first-order valence-corrected chi connectivity index (χ1v) is 29.9. The quantitative estimate of drug-likeness (QED) is 0.0777. The molecule has 0 radical (unpaired) electrons. The van der Waals surface area contributed by atoms with E-state index in [1.165, 1.54) is 10.5 Å². The summed E-state index contributed by atoms with van der Waals surface area (Å²) in [7, 11) is 0. The number of pyridine rings is 1. The van der Waals surface area contributed by atoms with Crippen LogP contribution in [0.5, 0.6) is 11.8 Å². The second-order valence-electron chi connectivity index (χ2n) is 24.1. The lowest BCUT2D eigenvalue weighted by Crippen LogP contribution is -2.53. The number of amides is 3. The Kier molecular flexibility index (Phi) is 14.2. The van der Waals surface area contributed by atoms with Gasteiger partial charge in [-0.25, -0.2) is 4.98 Å². The number of nitrogens with zero attached hydrogens (tertiary/aromatic N) is 10. The number of piperazine rings is 1. The van der Waals surface area contributed by atoms with Gasteiger partial charge in [-0.15, -0.1) is 11.3 Å². The highest BCUT2D eigenvalue weighted by molar-refractivity contribution is 7.13. The fourth-order valence-corrected chi connectivity index (χ4v) is 15.0. The van der Waals surface area contributed by atoms with Crippen molar-refractivity contribution in [3.8, 4) is 33.5 Å². The van der Waals surface area contributed by atoms with Crippen LogP contribution < -0.4 is 19.9 Å². The van der Waals surface area contributed by atoms with Crippen LogP contribution in [0.4, 0.5) is 11.6 Å². The number of carbonyl (C=O) groups is 3. The number of aryl methyl sites for hydroxylation is 1. The first kappa shape index (κ1) is 53.1. The molecule has 13 rings (SSSR count). The second kappa shape index (κ2) is 21.6. The van der Waals surface area contributed by atoms with Crippen LogP contribution in [0.25, 0.3) is 43.4 Å². The lowest BCUT2D eigenvalue weighted by molar-refractivity contribution is -0.141. The SMILES string of the molecule is Cc1ncsc1-c1ccc([C@H](C)NC(=O)[C@@H]2C[C@@H](O)CN2C(=O)[C@H](c2cc(N3CC(CC4CCN(CCOc5nc(N6CC7CCC(C6)N7C=O)c6cnc7c(c6n5)C(C)c5cccc6cc(O)cc-7c56)CC4)C3)no2)C(C)C)cc1. The smallest absolute Gasteiger partial charge is 0.319 e. The van der Waals surface area contributed by atoms with Gasteiger partial charge in [-0.2, -0.15) is 9.97 Å². The van der Waals surface area contributed by atoms with Gasteiger partial charge in [-0.1, -0.05) is 68.4 Å². The number of β-amino-alcohol motifs (C(OH)–C–C–N with tert-alkyl or cyclic N) is 1. The first-order chi connectivity index (χ1) is 39.3. The molecule has 5 aliphatic heterocycles. The van der Waals surface area contributed by atoms with Gasteiger partial charge in [0.1, 0.15) is 30.1 Å². The molecular weight excluding hydrogens is 1040 g/mol. The number of rotatable bonds is 16. The van der Waals surface area contributed by atoms with Gasteiger partial charge in [-0.05, 0) is 116 Å². The summed E-state index contributed by atoms with van der Waals surface area (Å²) >= 11 is 1.60. The van der Waals surface area contributed by atoms with Crippen LogP contribution in [0.3, 0.4) is 0 Å². The van der Waals surface area contributed by atoms with E-state index >= 15 is 0 Å². The van der Waals surface area contributed by atoms with E-state index in [-0.39, 0.29) is 60.5 Å². The number of anilines is 2. The van der Waals surface area contributed by atoms with E-state index in [1.54, 1.807) is 11.3 Å². The number of piperidine rings is 1. The Labute approximate surface area is 475 Å². The number of ether oxygens (including phenoxy) is 1. The molecule has 3 amide bonds. The van der Waals surface area contributed by atoms with Crippen LogP contribution in [-0.2, 0) is 14.4 Å². The van der Waals surface area contributed by atoms with Crippen LogP contribution >= 0.6 is 11.3 Å². The third-order valence-corrected chi connectivity index (χ3v) is 19.5. The molecule has 5 saturated heterocycles. The summed E-state index contributed by atoms with van der Waals surface area (Å²) in [4.78, 5) is 71.8. The van der Waals surface area contributed by atoms with E-state index in [1.807, 2.05) is 98.9 Å². The molecule has 6 aliphatic rings. The Bertz CT molecular complexity index is 3510. The summed E-state index contributed by atoms with van der Waals surface area (Å²) in [6, 6.07) is 19.3. The minimum Gasteiger partial charge on any atom is -0.508 e. The minimum atomic E-state index is -0.812. The highest BCUT2D eigenvalue weighted by Gasteiger charge is 2.45. The Morgan fingerprint density at radius 3 is 2.43 bits per heavy atom. The van der Waals surface area contributed by atoms with E-state index < -0.39 is 18.1 Å². The summed E-state index contributed by atoms with van der Waals surface area (Å²) in [5.41, 5.74) is 9.53. The molecule has 3 N–H and O–H groups in total. The Hall–Kier alpha value is -7.22. The predicted octanol–water partition coefficient (Wildman–Crippen LogP) is 8.44. The lowest BCUT2D eigenvalue weighted by atomic mass is 9.79. The number of likely N-dealkylation sites (tertiary alicyclic amines) is 2. The van der Waals surface area contributed by atoms with E-state index in [0.29, 0.717) is 43.3 Å². The normalized spacial score (nSPS) is 22.8. The third-order valence-electron chi connectivity index (χ3n) is 18.5. The van der Waals surface area contributed by atoms with Crippen LogP contribution in [0.2, 0.25) is 0 Å². The fourth-order valence-electron chi connectivity index (χ4n) is 14.2. The number of carbonyl (C=O) groups excluding carboxylic acids is 3. The molecule has 9 heterocycles. The molecule has 2 bridgehead atoms. The van der Waals surface area contributed by atoms with Gasteiger partial charge < -0.3 is 44.4 Å². The molecule has 0 spiro atoms. The molecule has 1 aliphatic carbocycles. The van der Waals surface area contributed by atoms with Gasteiger partial charge in [-0.3, -0.25) is 24.3 Å².